The van der Waals surface area contributed by atoms with Gasteiger partial charge in [-0.3, -0.25) is 5.04 Å². The van der Waals surface area contributed by atoms with Crippen LogP contribution in [0.4, 0.5) is 11.4 Å². The molecule has 0 saturated carbocycles. The second-order valence-corrected chi connectivity index (χ2v) is 11.5. The molecule has 0 heterocycles. The van der Waals surface area contributed by atoms with E-state index in [2.05, 4.69) is 19.6 Å². The van der Waals surface area contributed by atoms with Gasteiger partial charge in [0.05, 0.1) is 34.2 Å². The molecule has 0 aromatic heterocycles. The smallest absolute Gasteiger partial charge is 0.744 e. The number of phenols is 2. The molecule has 0 aliphatic heterocycles. The summed E-state index contributed by atoms with van der Waals surface area (Å²) in [5.41, 5.74) is -0.788. The van der Waals surface area contributed by atoms with Crippen LogP contribution in [-0.4, -0.2) is 52.7 Å². The summed E-state index contributed by atoms with van der Waals surface area (Å²) in [6, 6.07) is 7.20. The van der Waals surface area contributed by atoms with Crippen LogP contribution >= 0.6 is 12.0 Å². The van der Waals surface area contributed by atoms with Gasteiger partial charge in [-0.15, -0.1) is 14.6 Å². The van der Waals surface area contributed by atoms with Crippen molar-refractivity contribution in [2.75, 3.05) is 12.4 Å². The summed E-state index contributed by atoms with van der Waals surface area (Å²) in [5, 5.41) is 40.4. The standard InChI is InChI=1S/C18H16N2O14S4.Cu.3Na/c21-15-4-1-11(35-33-31-5-6-36(24)34-32-23)9-14(15)19-20-17-13-3-2-12(37(25,26)27)7-10(13)8-16(18(17)22)38(28,29)30;;;;/h1-4,7-9,21-23H,5-6H2,(H,25,26,27)(H,28,29,30);;;;/q;;3*+1/p-3. The number of fused-ring (bicyclic) bond motifs is 1. The first kappa shape index (κ1) is 44.9. The average Bonchev–Trinajstić information content (AvgIpc) is 2.83. The van der Waals surface area contributed by atoms with Crippen molar-refractivity contribution in [2.24, 2.45) is 10.2 Å². The minimum Gasteiger partial charge on any atom is -0.744 e. The fourth-order valence-corrected chi connectivity index (χ4v) is 4.70. The maximum absolute atomic E-state index is 11.6. The largest absolute Gasteiger partial charge is 1.00 e. The Hall–Kier alpha value is 0.759. The normalized spacial score (nSPS) is 12.1. The average molecular weight is 742 g/mol. The molecule has 217 valence electrons. The molecule has 16 nitrogen and oxygen atoms in total. The maximum atomic E-state index is 11.6. The number of hydrogen-bond acceptors (Lipinski definition) is 17. The van der Waals surface area contributed by atoms with Gasteiger partial charge in [-0.25, -0.2) is 25.9 Å². The summed E-state index contributed by atoms with van der Waals surface area (Å²) in [4.78, 5) is 3.14. The van der Waals surface area contributed by atoms with Gasteiger partial charge in [0, 0.05) is 27.4 Å². The molecule has 2 N–H and O–H groups in total. The summed E-state index contributed by atoms with van der Waals surface area (Å²) >= 11 is -1.43. The van der Waals surface area contributed by atoms with Crippen molar-refractivity contribution in [3.8, 4) is 11.5 Å². The third kappa shape index (κ3) is 12.9. The summed E-state index contributed by atoms with van der Waals surface area (Å²) < 4.78 is 88.6. The molecule has 3 aromatic carbocycles. The van der Waals surface area contributed by atoms with E-state index in [4.69, 9.17) is 9.22 Å². The number of aromatic hydroxyl groups is 2. The molecule has 0 spiro atoms. The summed E-state index contributed by atoms with van der Waals surface area (Å²) in [5.74, 6) is -1.77. The van der Waals surface area contributed by atoms with E-state index in [1.807, 2.05) is 0 Å². The topological polar surface area (TPSA) is 257 Å². The Kier molecular flexibility index (Phi) is 21.5. The number of nitrogens with zero attached hydrogens (tertiary/aromatic N) is 2. The molecule has 0 fully saturated rings. The van der Waals surface area contributed by atoms with E-state index >= 15 is 0 Å². The molecule has 3 aromatic rings. The first-order valence-corrected chi connectivity index (χ1v) is 14.4. The summed E-state index contributed by atoms with van der Waals surface area (Å²) in [6.45, 7) is -0.256. The molecule has 1 radical (unpaired) electrons. The van der Waals surface area contributed by atoms with E-state index in [-0.39, 0.29) is 139 Å². The van der Waals surface area contributed by atoms with Gasteiger partial charge in [-0.2, -0.15) is 4.33 Å². The molecule has 24 heteroatoms. The predicted molar refractivity (Wildman–Crippen MR) is 122 cm³/mol. The fourth-order valence-electron chi connectivity index (χ4n) is 2.78. The number of azo groups is 1. The fraction of sp³-hybridized carbons (Fsp3) is 0.111. The van der Waals surface area contributed by atoms with Crippen LogP contribution < -0.4 is 93.9 Å². The molecule has 0 amide bonds. The first-order chi connectivity index (χ1) is 17.8. The van der Waals surface area contributed by atoms with Crippen LogP contribution in [0.1, 0.15) is 0 Å². The minimum absolute atomic E-state index is 0. The Morgan fingerprint density at radius 2 is 1.60 bits per heavy atom. The van der Waals surface area contributed by atoms with Crippen LogP contribution in [0.5, 0.6) is 11.5 Å². The van der Waals surface area contributed by atoms with Crippen LogP contribution in [0.2, 0.25) is 0 Å². The van der Waals surface area contributed by atoms with Gasteiger partial charge >= 0.3 is 88.7 Å². The van der Waals surface area contributed by atoms with Crippen LogP contribution in [0.15, 0.2) is 67.4 Å². The van der Waals surface area contributed by atoms with Crippen molar-refractivity contribution in [2.45, 2.75) is 14.7 Å². The summed E-state index contributed by atoms with van der Waals surface area (Å²) in [7, 11) is -10.2. The van der Waals surface area contributed by atoms with Gasteiger partial charge in [-0.1, -0.05) is 6.07 Å². The van der Waals surface area contributed by atoms with Crippen LogP contribution in [-0.2, 0) is 67.0 Å². The van der Waals surface area contributed by atoms with Gasteiger partial charge in [0.1, 0.15) is 37.4 Å². The van der Waals surface area contributed by atoms with Crippen LogP contribution in [0, 0.1) is 0 Å². The van der Waals surface area contributed by atoms with Gasteiger partial charge in [0.15, 0.2) is 16.8 Å². The molecule has 0 saturated heterocycles. The molecule has 0 bridgehead atoms. The predicted octanol–water partition coefficient (Wildman–Crippen LogP) is -7.67. The van der Waals surface area contributed by atoms with E-state index in [9.17, 15) is 45.6 Å². The quantitative estimate of drug-likeness (QED) is 0.0332. The Balaban J connectivity index is 0. The number of rotatable bonds is 12. The van der Waals surface area contributed by atoms with Crippen LogP contribution in [0.25, 0.3) is 10.8 Å². The van der Waals surface area contributed by atoms with Gasteiger partial charge in [0.25, 0.3) is 0 Å². The zero-order valence-electron chi connectivity index (χ0n) is 21.6. The van der Waals surface area contributed by atoms with E-state index in [1.54, 1.807) is 0 Å². The van der Waals surface area contributed by atoms with E-state index in [1.165, 1.54) is 18.2 Å². The van der Waals surface area contributed by atoms with Gasteiger partial charge in [-0.05, 0) is 41.8 Å². The van der Waals surface area contributed by atoms with E-state index < -0.39 is 58.3 Å². The molecule has 1 atom stereocenters. The number of phenolic OH excluding ortho intramolecular Hbond substituents is 2. The monoisotopic (exact) mass is 741 g/mol. The zero-order valence-corrected chi connectivity index (χ0v) is 31.8. The van der Waals surface area contributed by atoms with Crippen molar-refractivity contribution >= 4 is 65.5 Å². The van der Waals surface area contributed by atoms with Crippen molar-refractivity contribution in [3.63, 3.8) is 0 Å². The van der Waals surface area contributed by atoms with Crippen molar-refractivity contribution < 1.29 is 170 Å². The molecular formula is C18H13CuN2Na3O14S4. The Morgan fingerprint density at radius 1 is 0.929 bits per heavy atom. The molecule has 1 unspecified atom stereocenters. The van der Waals surface area contributed by atoms with Crippen molar-refractivity contribution in [3.05, 3.63) is 42.5 Å². The maximum Gasteiger partial charge on any atom is 1.00 e. The van der Waals surface area contributed by atoms with Gasteiger partial charge in [0.2, 0.25) is 0 Å². The SMILES string of the molecule is O=S(CCOOSc1ccc(O)c(N=Nc2c(O)c(S(=O)(=O)[O-])cc3cc(S(=O)(=O)[O-])ccc23)c1)OO[O-].[Cu].[Na+].[Na+].[Na+]. The second kappa shape index (κ2) is 20.1. The van der Waals surface area contributed by atoms with Crippen molar-refractivity contribution in [1.82, 2.24) is 0 Å². The molecule has 0 aliphatic rings. The molecule has 0 aliphatic carbocycles. The Morgan fingerprint density at radius 3 is 2.19 bits per heavy atom. The van der Waals surface area contributed by atoms with Crippen molar-refractivity contribution in [1.29, 1.82) is 0 Å². The first-order valence-electron chi connectivity index (χ1n) is 9.59. The van der Waals surface area contributed by atoms with E-state index in [0.29, 0.717) is 18.1 Å². The minimum atomic E-state index is -5.28. The second-order valence-electron chi connectivity index (χ2n) is 6.83. The molecular weight excluding hydrogens is 729 g/mol. The molecule has 42 heavy (non-hydrogen) atoms. The number of hydrogen-bond donors (Lipinski definition) is 2. The Labute approximate surface area is 322 Å². The van der Waals surface area contributed by atoms with Gasteiger partial charge < -0.3 is 24.6 Å². The third-order valence-corrected chi connectivity index (χ3v) is 7.40. The number of benzene rings is 3. The Bertz CT molecular complexity index is 1630. The molecule has 3 rings (SSSR count). The van der Waals surface area contributed by atoms with Crippen LogP contribution in [0.3, 0.4) is 0 Å². The summed E-state index contributed by atoms with van der Waals surface area (Å²) in [6.07, 6.45) is 0. The van der Waals surface area contributed by atoms with E-state index in [0.717, 1.165) is 18.2 Å². The third-order valence-electron chi connectivity index (χ3n) is 4.40. The zero-order chi connectivity index (χ0) is 28.1.